The monoisotopic (exact) mass is 339 g/mol. The molecule has 3 heterocycles. The van der Waals surface area contributed by atoms with Gasteiger partial charge >= 0.3 is 10.7 Å². The predicted octanol–water partition coefficient (Wildman–Crippen LogP) is 1.53. The molecule has 24 heavy (non-hydrogen) atoms. The summed E-state index contributed by atoms with van der Waals surface area (Å²) in [5.74, 6) is 0.684. The summed E-state index contributed by atoms with van der Waals surface area (Å²) in [5, 5.41) is 11.3. The zero-order valence-corrected chi connectivity index (χ0v) is 13.8. The van der Waals surface area contributed by atoms with Crippen LogP contribution in [0.25, 0.3) is 11.1 Å². The molecule has 120 valence electrons. The number of nitrogens with zero attached hydrogens (tertiary/aromatic N) is 4. The summed E-state index contributed by atoms with van der Waals surface area (Å²) in [5.41, 5.74) is 1.69. The number of aromatic nitrogens is 4. The molecule has 1 atom stereocenters. The summed E-state index contributed by atoms with van der Waals surface area (Å²) >= 11 is 1.54. The molecular weight excluding hydrogens is 324 g/mol. The van der Waals surface area contributed by atoms with E-state index in [4.69, 9.17) is 0 Å². The average molecular weight is 339 g/mol. The highest BCUT2D eigenvalue weighted by atomic mass is 32.2. The van der Waals surface area contributed by atoms with Crippen LogP contribution in [-0.2, 0) is 7.05 Å². The molecule has 1 aliphatic rings. The van der Waals surface area contributed by atoms with E-state index >= 15 is 0 Å². The minimum atomic E-state index is -0.203. The van der Waals surface area contributed by atoms with Crippen LogP contribution in [0.1, 0.15) is 11.6 Å². The number of fused-ring (bicyclic) bond motifs is 1. The molecule has 4 rings (SSSR count). The highest BCUT2D eigenvalue weighted by Crippen LogP contribution is 2.35. The molecule has 0 amide bonds. The minimum absolute atomic E-state index is 0.0186. The van der Waals surface area contributed by atoms with Crippen molar-refractivity contribution in [2.75, 3.05) is 5.75 Å². The van der Waals surface area contributed by atoms with Gasteiger partial charge in [-0.2, -0.15) is 9.13 Å². The van der Waals surface area contributed by atoms with Gasteiger partial charge in [-0.15, -0.1) is 0 Å². The Morgan fingerprint density at radius 2 is 1.96 bits per heavy atom. The van der Waals surface area contributed by atoms with Crippen LogP contribution in [0.15, 0.2) is 59.0 Å². The second-order valence-electron chi connectivity index (χ2n) is 5.58. The Hall–Kier alpha value is -2.67. The third kappa shape index (κ3) is 2.20. The van der Waals surface area contributed by atoms with Gasteiger partial charge in [0.05, 0.1) is 12.8 Å². The van der Waals surface area contributed by atoms with Crippen molar-refractivity contribution in [1.29, 1.82) is 0 Å². The molecule has 2 aromatic heterocycles. The van der Waals surface area contributed by atoms with Crippen molar-refractivity contribution in [3.8, 4) is 17.0 Å². The van der Waals surface area contributed by atoms with Crippen LogP contribution in [0.4, 0.5) is 0 Å². The number of rotatable bonds is 2. The van der Waals surface area contributed by atoms with Crippen LogP contribution in [0.3, 0.4) is 0 Å². The van der Waals surface area contributed by atoms with Gasteiger partial charge in [0.2, 0.25) is 0 Å². The predicted molar refractivity (Wildman–Crippen MR) is 89.9 cm³/mol. The summed E-state index contributed by atoms with van der Waals surface area (Å²) in [6.45, 7) is 0. The van der Waals surface area contributed by atoms with Gasteiger partial charge in [0, 0.05) is 18.0 Å². The standard InChI is InChI=1S/C17H14N4O2S/c1-20-15(22)14(11-5-3-2-4-6-11)16(23)21-13(9-24-17(20)21)12-7-18-10-19-8-12/h2-8,10,13H,9H2,1H3/p+1/t13-/m1/s1. The summed E-state index contributed by atoms with van der Waals surface area (Å²) in [6, 6.07) is 9.09. The van der Waals surface area contributed by atoms with Gasteiger partial charge < -0.3 is 5.11 Å². The Kier molecular flexibility index (Phi) is 3.57. The van der Waals surface area contributed by atoms with Gasteiger partial charge in [-0.25, -0.2) is 14.8 Å². The molecule has 0 bridgehead atoms. The largest absolute Gasteiger partial charge is 0.477 e. The van der Waals surface area contributed by atoms with Crippen molar-refractivity contribution < 1.29 is 9.67 Å². The molecule has 0 saturated carbocycles. The van der Waals surface area contributed by atoms with Crippen molar-refractivity contribution in [2.24, 2.45) is 7.05 Å². The Morgan fingerprint density at radius 3 is 2.67 bits per heavy atom. The SMILES string of the molecule is C[n+]1c(O)c(-c2ccccc2)c(=O)n2c1SC[C@@H]2c1cncnc1. The molecule has 7 heteroatoms. The first-order chi connectivity index (χ1) is 11.7. The van der Waals surface area contributed by atoms with Crippen LogP contribution in [0.5, 0.6) is 5.88 Å². The van der Waals surface area contributed by atoms with Crippen molar-refractivity contribution in [3.05, 3.63) is 65.0 Å². The van der Waals surface area contributed by atoms with Crippen LogP contribution in [0.2, 0.25) is 0 Å². The fourth-order valence-corrected chi connectivity index (χ4v) is 4.26. The summed E-state index contributed by atoms with van der Waals surface area (Å²) in [4.78, 5) is 21.3. The molecule has 6 nitrogen and oxygen atoms in total. The molecule has 0 spiro atoms. The van der Waals surface area contributed by atoms with Gasteiger partial charge in [0.25, 0.3) is 5.88 Å². The Morgan fingerprint density at radius 1 is 1.25 bits per heavy atom. The molecule has 1 aliphatic heterocycles. The van der Waals surface area contributed by atoms with Gasteiger partial charge in [0.15, 0.2) is 5.56 Å². The first-order valence-electron chi connectivity index (χ1n) is 7.49. The van der Waals surface area contributed by atoms with E-state index in [2.05, 4.69) is 9.97 Å². The molecular formula is C17H15N4O2S+. The summed E-state index contributed by atoms with van der Waals surface area (Å²) in [6.07, 6.45) is 4.94. The molecule has 0 saturated heterocycles. The Bertz CT molecular complexity index is 958. The number of benzene rings is 1. The number of aromatic hydroxyl groups is 1. The van der Waals surface area contributed by atoms with Crippen molar-refractivity contribution >= 4 is 11.8 Å². The highest BCUT2D eigenvalue weighted by Gasteiger charge is 2.38. The topological polar surface area (TPSA) is 71.9 Å². The zero-order valence-electron chi connectivity index (χ0n) is 13.0. The van der Waals surface area contributed by atoms with E-state index in [0.29, 0.717) is 16.9 Å². The minimum Gasteiger partial charge on any atom is -0.477 e. The van der Waals surface area contributed by atoms with Crippen molar-refractivity contribution in [3.63, 3.8) is 0 Å². The van der Waals surface area contributed by atoms with E-state index in [0.717, 1.165) is 10.7 Å². The maximum absolute atomic E-state index is 13.2. The van der Waals surface area contributed by atoms with Crippen LogP contribution in [0, 0.1) is 0 Å². The van der Waals surface area contributed by atoms with E-state index in [1.54, 1.807) is 40.3 Å². The lowest BCUT2D eigenvalue weighted by atomic mass is 10.1. The van der Waals surface area contributed by atoms with Gasteiger partial charge in [-0.3, -0.25) is 0 Å². The lowest BCUT2D eigenvalue weighted by Crippen LogP contribution is -2.41. The van der Waals surface area contributed by atoms with Gasteiger partial charge in [-0.1, -0.05) is 30.3 Å². The molecule has 3 aromatic rings. The van der Waals surface area contributed by atoms with E-state index < -0.39 is 0 Å². The van der Waals surface area contributed by atoms with E-state index in [1.165, 1.54) is 6.33 Å². The summed E-state index contributed by atoms with van der Waals surface area (Å²) < 4.78 is 3.39. The normalized spacial score (nSPS) is 16.1. The molecule has 0 aliphatic carbocycles. The second kappa shape index (κ2) is 5.76. The third-order valence-electron chi connectivity index (χ3n) is 4.18. The lowest BCUT2D eigenvalue weighted by Gasteiger charge is -2.11. The molecule has 0 radical (unpaired) electrons. The lowest BCUT2D eigenvalue weighted by molar-refractivity contribution is -0.720. The van der Waals surface area contributed by atoms with Crippen LogP contribution in [-0.4, -0.2) is 25.4 Å². The summed E-state index contributed by atoms with van der Waals surface area (Å²) in [7, 11) is 1.77. The number of hydrogen-bond acceptors (Lipinski definition) is 5. The smallest absolute Gasteiger partial charge is 0.350 e. The first-order valence-corrected chi connectivity index (χ1v) is 8.47. The van der Waals surface area contributed by atoms with Crippen LogP contribution < -0.4 is 10.1 Å². The Balaban J connectivity index is 1.98. The first kappa shape index (κ1) is 14.9. The van der Waals surface area contributed by atoms with Crippen LogP contribution >= 0.6 is 11.8 Å². The zero-order chi connectivity index (χ0) is 16.7. The molecule has 1 N–H and O–H groups in total. The third-order valence-corrected chi connectivity index (χ3v) is 5.39. The van der Waals surface area contributed by atoms with E-state index in [-0.39, 0.29) is 17.5 Å². The Labute approximate surface area is 142 Å². The van der Waals surface area contributed by atoms with E-state index in [1.807, 2.05) is 30.3 Å². The van der Waals surface area contributed by atoms with Crippen molar-refractivity contribution in [1.82, 2.24) is 14.5 Å². The van der Waals surface area contributed by atoms with Gasteiger partial charge in [-0.05, 0) is 17.3 Å². The number of hydrogen-bond donors (Lipinski definition) is 1. The van der Waals surface area contributed by atoms with Crippen molar-refractivity contribution in [2.45, 2.75) is 11.2 Å². The fraction of sp³-hybridized carbons (Fsp3) is 0.176. The highest BCUT2D eigenvalue weighted by molar-refractivity contribution is 7.99. The molecule has 0 fully saturated rings. The van der Waals surface area contributed by atoms with Gasteiger partial charge in [0.1, 0.15) is 12.4 Å². The van der Waals surface area contributed by atoms with E-state index in [9.17, 15) is 9.90 Å². The molecule has 0 unspecified atom stereocenters. The maximum Gasteiger partial charge on any atom is 0.350 e. The maximum atomic E-state index is 13.2. The fourth-order valence-electron chi connectivity index (χ4n) is 2.98. The second-order valence-corrected chi connectivity index (χ2v) is 6.57. The average Bonchev–Trinajstić information content (AvgIpc) is 3.07. The number of thioether (sulfide) groups is 1. The molecule has 1 aromatic carbocycles. The quantitative estimate of drug-likeness (QED) is 0.566.